The van der Waals surface area contributed by atoms with Crippen molar-refractivity contribution in [1.82, 2.24) is 19.5 Å². The van der Waals surface area contributed by atoms with E-state index in [1.807, 2.05) is 0 Å². The number of nitrogen functional groups attached to an aromatic ring is 1. The van der Waals surface area contributed by atoms with Crippen LogP contribution in [0.4, 0.5) is 5.95 Å². The highest BCUT2D eigenvalue weighted by molar-refractivity contribution is 5.70. The highest BCUT2D eigenvalue weighted by Gasteiger charge is 2.61. The number of hydrogen-bond acceptors (Lipinski definition) is 8. The van der Waals surface area contributed by atoms with Crippen LogP contribution in [-0.2, 0) is 9.47 Å². The molecule has 0 amide bonds. The zero-order chi connectivity index (χ0) is 13.9. The lowest BCUT2D eigenvalue weighted by atomic mass is 10.0. The van der Waals surface area contributed by atoms with Gasteiger partial charge in [-0.2, -0.15) is 4.98 Å². The second-order valence-corrected chi connectivity index (χ2v) is 5.04. The quantitative estimate of drug-likeness (QED) is 0.601. The molecule has 2 bridgehead atoms. The molecule has 2 fully saturated rings. The third-order valence-electron chi connectivity index (χ3n) is 3.88. The molecule has 2 aromatic heterocycles. The van der Waals surface area contributed by atoms with Gasteiger partial charge in [-0.1, -0.05) is 0 Å². The Hall–Kier alpha value is -1.81. The van der Waals surface area contributed by atoms with E-state index in [9.17, 15) is 10.2 Å². The molecule has 9 heteroatoms. The smallest absolute Gasteiger partial charge is 0.222 e. The van der Waals surface area contributed by atoms with Crippen LogP contribution in [-0.4, -0.2) is 60.8 Å². The number of imidazole rings is 1. The zero-order valence-corrected chi connectivity index (χ0v) is 10.4. The van der Waals surface area contributed by atoms with Crippen LogP contribution in [0.1, 0.15) is 6.23 Å². The fourth-order valence-electron chi connectivity index (χ4n) is 2.78. The SMILES string of the molecule is Nc1ncc2ncn([C@@H]3O[C@@]4(CO)COC3[C@H]4O)c2n1. The summed E-state index contributed by atoms with van der Waals surface area (Å²) in [6.45, 7) is -0.152. The summed E-state index contributed by atoms with van der Waals surface area (Å²) in [6, 6.07) is 0. The largest absolute Gasteiger partial charge is 0.393 e. The number of rotatable bonds is 2. The van der Waals surface area contributed by atoms with E-state index in [2.05, 4.69) is 15.0 Å². The van der Waals surface area contributed by atoms with Gasteiger partial charge in [0.25, 0.3) is 0 Å². The van der Waals surface area contributed by atoms with Crippen molar-refractivity contribution in [2.75, 3.05) is 18.9 Å². The van der Waals surface area contributed by atoms with Gasteiger partial charge >= 0.3 is 0 Å². The third-order valence-corrected chi connectivity index (χ3v) is 3.88. The van der Waals surface area contributed by atoms with E-state index >= 15 is 0 Å². The Morgan fingerprint density at radius 2 is 2.35 bits per heavy atom. The minimum atomic E-state index is -1.08. The van der Waals surface area contributed by atoms with Crippen LogP contribution in [0.3, 0.4) is 0 Å². The summed E-state index contributed by atoms with van der Waals surface area (Å²) < 4.78 is 13.0. The first-order chi connectivity index (χ1) is 9.64. The minimum absolute atomic E-state index is 0.126. The number of anilines is 1. The van der Waals surface area contributed by atoms with Gasteiger partial charge in [-0.25, -0.2) is 9.97 Å². The van der Waals surface area contributed by atoms with Gasteiger partial charge in [-0.05, 0) is 0 Å². The summed E-state index contributed by atoms with van der Waals surface area (Å²) >= 11 is 0. The van der Waals surface area contributed by atoms with E-state index < -0.39 is 24.0 Å². The van der Waals surface area contributed by atoms with Crippen molar-refractivity contribution in [2.45, 2.75) is 24.0 Å². The molecule has 0 aromatic carbocycles. The van der Waals surface area contributed by atoms with Crippen molar-refractivity contribution in [1.29, 1.82) is 0 Å². The van der Waals surface area contributed by atoms with E-state index in [4.69, 9.17) is 15.2 Å². The molecule has 2 aliphatic rings. The van der Waals surface area contributed by atoms with Crippen molar-refractivity contribution in [3.8, 4) is 0 Å². The number of ether oxygens (including phenoxy) is 2. The van der Waals surface area contributed by atoms with Crippen LogP contribution >= 0.6 is 0 Å². The highest BCUT2D eigenvalue weighted by atomic mass is 16.7. The Morgan fingerprint density at radius 1 is 1.50 bits per heavy atom. The maximum Gasteiger partial charge on any atom is 0.222 e. The Labute approximate surface area is 113 Å². The molecule has 4 heterocycles. The van der Waals surface area contributed by atoms with Gasteiger partial charge in [0.2, 0.25) is 5.95 Å². The molecule has 0 aliphatic carbocycles. The summed E-state index contributed by atoms with van der Waals surface area (Å²) in [5.74, 6) is 0.126. The average molecular weight is 279 g/mol. The fraction of sp³-hybridized carbons (Fsp3) is 0.545. The van der Waals surface area contributed by atoms with E-state index in [1.165, 1.54) is 12.5 Å². The number of nitrogens with zero attached hydrogens (tertiary/aromatic N) is 4. The average Bonchev–Trinajstić information content (AvgIpc) is 3.09. The molecule has 2 aliphatic heterocycles. The summed E-state index contributed by atoms with van der Waals surface area (Å²) in [7, 11) is 0. The highest BCUT2D eigenvalue weighted by Crippen LogP contribution is 2.45. The second-order valence-electron chi connectivity index (χ2n) is 5.04. The first kappa shape index (κ1) is 12.0. The van der Waals surface area contributed by atoms with Gasteiger partial charge in [-0.3, -0.25) is 4.57 Å². The monoisotopic (exact) mass is 279 g/mol. The number of aromatic nitrogens is 4. The minimum Gasteiger partial charge on any atom is -0.393 e. The molecule has 4 rings (SSSR count). The lowest BCUT2D eigenvalue weighted by molar-refractivity contribution is -0.185. The van der Waals surface area contributed by atoms with Crippen LogP contribution in [0.25, 0.3) is 11.2 Å². The summed E-state index contributed by atoms with van der Waals surface area (Å²) in [6.07, 6.45) is 0.973. The molecule has 4 atom stereocenters. The topological polar surface area (TPSA) is 129 Å². The van der Waals surface area contributed by atoms with Crippen molar-refractivity contribution in [2.24, 2.45) is 0 Å². The lowest BCUT2D eigenvalue weighted by Crippen LogP contribution is -2.44. The van der Waals surface area contributed by atoms with Gasteiger partial charge in [0.05, 0.1) is 25.7 Å². The number of aliphatic hydroxyl groups is 2. The molecule has 20 heavy (non-hydrogen) atoms. The van der Waals surface area contributed by atoms with E-state index in [1.54, 1.807) is 4.57 Å². The molecule has 1 unspecified atom stereocenters. The molecule has 0 radical (unpaired) electrons. The van der Waals surface area contributed by atoms with Gasteiger partial charge in [0, 0.05) is 0 Å². The first-order valence-corrected chi connectivity index (χ1v) is 6.18. The standard InChI is InChI=1S/C11H13N5O4/c12-10-13-1-5-8(15-10)16(4-14-5)9-6-7(18)11(2-17,20-9)3-19-6/h1,4,6-7,9,17-18H,2-3H2,(H2,12,13,15)/t6?,7-,9-,11+/m1/s1. The molecule has 0 spiro atoms. The predicted molar refractivity (Wildman–Crippen MR) is 65.4 cm³/mol. The van der Waals surface area contributed by atoms with Gasteiger partial charge < -0.3 is 25.4 Å². The summed E-state index contributed by atoms with van der Waals surface area (Å²) in [5, 5.41) is 19.6. The molecule has 4 N–H and O–H groups in total. The Morgan fingerprint density at radius 3 is 3.10 bits per heavy atom. The number of nitrogens with two attached hydrogens (primary N) is 1. The molecule has 0 saturated carbocycles. The Balaban J connectivity index is 1.80. The maximum atomic E-state index is 10.2. The Bertz CT molecular complexity index is 676. The van der Waals surface area contributed by atoms with Crippen LogP contribution in [0.15, 0.2) is 12.5 Å². The Kier molecular flexibility index (Phi) is 2.31. The fourth-order valence-corrected chi connectivity index (χ4v) is 2.78. The second kappa shape index (κ2) is 3.85. The molecular weight excluding hydrogens is 266 g/mol. The molecule has 2 aromatic rings. The molecule has 2 saturated heterocycles. The normalized spacial score (nSPS) is 36.0. The number of hydrogen-bond donors (Lipinski definition) is 3. The third kappa shape index (κ3) is 1.37. The van der Waals surface area contributed by atoms with Gasteiger partial charge in [0.15, 0.2) is 11.9 Å². The van der Waals surface area contributed by atoms with Crippen LogP contribution in [0.5, 0.6) is 0 Å². The lowest BCUT2D eigenvalue weighted by Gasteiger charge is -2.29. The summed E-state index contributed by atoms with van der Waals surface area (Å²) in [4.78, 5) is 12.2. The van der Waals surface area contributed by atoms with Gasteiger partial charge in [-0.15, -0.1) is 0 Å². The van der Waals surface area contributed by atoms with E-state index in [0.29, 0.717) is 11.2 Å². The van der Waals surface area contributed by atoms with E-state index in [-0.39, 0.29) is 19.2 Å². The van der Waals surface area contributed by atoms with Crippen LogP contribution in [0.2, 0.25) is 0 Å². The van der Waals surface area contributed by atoms with Crippen LogP contribution in [0, 0.1) is 0 Å². The zero-order valence-electron chi connectivity index (χ0n) is 10.4. The first-order valence-electron chi connectivity index (χ1n) is 6.18. The molecule has 106 valence electrons. The van der Waals surface area contributed by atoms with Gasteiger partial charge in [0.1, 0.15) is 23.3 Å². The van der Waals surface area contributed by atoms with Crippen molar-refractivity contribution in [3.63, 3.8) is 0 Å². The maximum absolute atomic E-state index is 10.2. The number of aliphatic hydroxyl groups excluding tert-OH is 2. The van der Waals surface area contributed by atoms with Crippen molar-refractivity contribution in [3.05, 3.63) is 12.5 Å². The van der Waals surface area contributed by atoms with Crippen LogP contribution < -0.4 is 5.73 Å². The summed E-state index contributed by atoms with van der Waals surface area (Å²) in [5.41, 5.74) is 5.57. The van der Waals surface area contributed by atoms with Crippen molar-refractivity contribution >= 4 is 17.1 Å². The molecule has 9 nitrogen and oxygen atoms in total. The predicted octanol–water partition coefficient (Wildman–Crippen LogP) is -1.57. The molecular formula is C11H13N5O4. The van der Waals surface area contributed by atoms with Crippen molar-refractivity contribution < 1.29 is 19.7 Å². The van der Waals surface area contributed by atoms with E-state index in [0.717, 1.165) is 0 Å². The number of fused-ring (bicyclic) bond motifs is 3.